The van der Waals surface area contributed by atoms with Crippen LogP contribution in [0.15, 0.2) is 42.5 Å². The summed E-state index contributed by atoms with van der Waals surface area (Å²) in [5.41, 5.74) is 2.67. The second kappa shape index (κ2) is 10.8. The lowest BCUT2D eigenvalue weighted by Gasteiger charge is -2.33. The van der Waals surface area contributed by atoms with Crippen LogP contribution in [-0.2, 0) is 11.3 Å². The quantitative estimate of drug-likeness (QED) is 0.635. The Morgan fingerprint density at radius 1 is 1.13 bits per heavy atom. The molecule has 31 heavy (non-hydrogen) atoms. The second-order valence-electron chi connectivity index (χ2n) is 8.21. The van der Waals surface area contributed by atoms with Crippen LogP contribution in [0.5, 0.6) is 0 Å². The molecule has 3 rings (SSSR count). The molecular formula is C23H32N6O2. The van der Waals surface area contributed by atoms with E-state index in [0.29, 0.717) is 13.1 Å². The predicted octanol–water partition coefficient (Wildman–Crippen LogP) is 2.36. The Balaban J connectivity index is 1.41. The number of hydrogen-bond acceptors (Lipinski definition) is 5. The minimum Gasteiger partial charge on any atom is -0.356 e. The van der Waals surface area contributed by atoms with Gasteiger partial charge in [0, 0.05) is 37.1 Å². The molecule has 1 aliphatic heterocycles. The molecule has 0 aliphatic carbocycles. The molecule has 3 amide bonds. The average molecular weight is 425 g/mol. The van der Waals surface area contributed by atoms with E-state index in [9.17, 15) is 9.59 Å². The second-order valence-corrected chi connectivity index (χ2v) is 8.21. The Morgan fingerprint density at radius 3 is 2.58 bits per heavy atom. The molecule has 8 nitrogen and oxygen atoms in total. The Morgan fingerprint density at radius 2 is 1.87 bits per heavy atom. The predicted molar refractivity (Wildman–Crippen MR) is 123 cm³/mol. The minimum absolute atomic E-state index is 0.0694. The van der Waals surface area contributed by atoms with Crippen LogP contribution < -0.4 is 20.9 Å². The normalized spacial score (nSPS) is 14.4. The molecule has 1 aliphatic rings. The Bertz CT molecular complexity index is 893. The van der Waals surface area contributed by atoms with Gasteiger partial charge in [0.2, 0.25) is 5.91 Å². The van der Waals surface area contributed by atoms with Crippen molar-refractivity contribution in [1.82, 2.24) is 20.5 Å². The summed E-state index contributed by atoms with van der Waals surface area (Å²) >= 11 is 0. The van der Waals surface area contributed by atoms with E-state index >= 15 is 0 Å². The van der Waals surface area contributed by atoms with Crippen LogP contribution in [0.25, 0.3) is 0 Å². The number of carbonyl (C=O) groups is 2. The summed E-state index contributed by atoms with van der Waals surface area (Å²) in [6, 6.07) is 13.5. The van der Waals surface area contributed by atoms with Crippen molar-refractivity contribution in [2.75, 3.05) is 43.9 Å². The number of aryl methyl sites for hydroxylation is 1. The highest BCUT2D eigenvalue weighted by atomic mass is 16.2. The molecule has 1 fully saturated rings. The van der Waals surface area contributed by atoms with E-state index in [0.717, 1.165) is 48.7 Å². The molecule has 0 atom stereocenters. The molecule has 0 saturated carbocycles. The monoisotopic (exact) mass is 424 g/mol. The largest absolute Gasteiger partial charge is 0.356 e. The van der Waals surface area contributed by atoms with Gasteiger partial charge in [0.15, 0.2) is 0 Å². The first kappa shape index (κ1) is 22.6. The van der Waals surface area contributed by atoms with Crippen molar-refractivity contribution in [2.24, 2.45) is 0 Å². The van der Waals surface area contributed by atoms with Crippen molar-refractivity contribution in [3.05, 3.63) is 53.7 Å². The highest BCUT2D eigenvalue weighted by Gasteiger charge is 2.21. The van der Waals surface area contributed by atoms with Crippen molar-refractivity contribution in [3.63, 3.8) is 0 Å². The van der Waals surface area contributed by atoms with Crippen LogP contribution >= 0.6 is 0 Å². The van der Waals surface area contributed by atoms with E-state index in [2.05, 4.69) is 25.8 Å². The lowest BCUT2D eigenvalue weighted by atomic mass is 10.1. The third-order valence-corrected chi connectivity index (χ3v) is 5.15. The molecule has 3 N–H and O–H groups in total. The smallest absolute Gasteiger partial charge is 0.315 e. The van der Waals surface area contributed by atoms with Gasteiger partial charge in [0.25, 0.3) is 0 Å². The number of benzene rings is 1. The number of urea groups is 1. The van der Waals surface area contributed by atoms with Gasteiger partial charge in [0.1, 0.15) is 5.82 Å². The fourth-order valence-corrected chi connectivity index (χ4v) is 3.62. The van der Waals surface area contributed by atoms with Crippen molar-refractivity contribution in [3.8, 4) is 0 Å². The van der Waals surface area contributed by atoms with Gasteiger partial charge in [-0.2, -0.15) is 0 Å². The van der Waals surface area contributed by atoms with Gasteiger partial charge in [-0.3, -0.25) is 4.79 Å². The summed E-state index contributed by atoms with van der Waals surface area (Å²) in [4.78, 5) is 32.9. The molecule has 0 spiro atoms. The summed E-state index contributed by atoms with van der Waals surface area (Å²) in [5, 5.41) is 8.85. The van der Waals surface area contributed by atoms with E-state index in [4.69, 9.17) is 0 Å². The third kappa shape index (κ3) is 7.25. The average Bonchev–Trinajstić information content (AvgIpc) is 2.72. The number of nitrogens with zero attached hydrogens (tertiary/aromatic N) is 3. The molecule has 1 aromatic heterocycles. The zero-order valence-electron chi connectivity index (χ0n) is 18.5. The Labute approximate surface area is 184 Å². The molecule has 0 unspecified atom stereocenters. The topological polar surface area (TPSA) is 89.6 Å². The summed E-state index contributed by atoms with van der Waals surface area (Å²) in [7, 11) is 3.70. The zero-order valence-corrected chi connectivity index (χ0v) is 18.5. The van der Waals surface area contributed by atoms with Crippen LogP contribution in [0.3, 0.4) is 0 Å². The number of hydrogen-bond donors (Lipinski definition) is 3. The summed E-state index contributed by atoms with van der Waals surface area (Å²) < 4.78 is 0. The van der Waals surface area contributed by atoms with Crippen LogP contribution in [0, 0.1) is 6.92 Å². The number of likely N-dealkylation sites (N-methyl/N-ethyl adjacent to an activating group) is 1. The van der Waals surface area contributed by atoms with Crippen LogP contribution in [0.4, 0.5) is 16.3 Å². The summed E-state index contributed by atoms with van der Waals surface area (Å²) in [6.07, 6.45) is 1.77. The third-order valence-electron chi connectivity index (χ3n) is 5.15. The first-order chi connectivity index (χ1) is 14.9. The first-order valence-corrected chi connectivity index (χ1v) is 10.7. The number of nitrogens with one attached hydrogen (secondary N) is 3. The molecule has 0 bridgehead atoms. The number of anilines is 2. The number of rotatable bonds is 7. The fourth-order valence-electron chi connectivity index (χ4n) is 3.62. The molecule has 1 aromatic carbocycles. The number of aromatic nitrogens is 1. The van der Waals surface area contributed by atoms with E-state index in [1.807, 2.05) is 68.4 Å². The van der Waals surface area contributed by atoms with E-state index in [1.54, 1.807) is 0 Å². The van der Waals surface area contributed by atoms with Crippen molar-refractivity contribution in [1.29, 1.82) is 0 Å². The van der Waals surface area contributed by atoms with Crippen LogP contribution in [0.1, 0.15) is 24.1 Å². The maximum absolute atomic E-state index is 12.3. The Kier molecular flexibility index (Phi) is 7.83. The van der Waals surface area contributed by atoms with Crippen LogP contribution in [0.2, 0.25) is 0 Å². The maximum Gasteiger partial charge on any atom is 0.315 e. The highest BCUT2D eigenvalue weighted by Crippen LogP contribution is 2.18. The molecule has 0 radical (unpaired) electrons. The molecule has 2 heterocycles. The standard InChI is InChI=1S/C23H32N6O2/c1-17-6-4-9-21(25-17)29-12-10-19(11-13-29)27-23(31)24-15-18-7-5-8-20(14-18)26-22(30)16-28(2)3/h4-9,14,19H,10-13,15-16H2,1-3H3,(H,26,30)(H2,24,27,31). The lowest BCUT2D eigenvalue weighted by molar-refractivity contribution is -0.116. The van der Waals surface area contributed by atoms with Gasteiger partial charge < -0.3 is 25.8 Å². The van der Waals surface area contributed by atoms with Crippen molar-refractivity contribution >= 4 is 23.4 Å². The van der Waals surface area contributed by atoms with Gasteiger partial charge in [0.05, 0.1) is 6.54 Å². The van der Waals surface area contributed by atoms with Gasteiger partial charge >= 0.3 is 6.03 Å². The van der Waals surface area contributed by atoms with Gasteiger partial charge in [-0.05, 0) is 63.7 Å². The minimum atomic E-state index is -0.172. The van der Waals surface area contributed by atoms with Crippen LogP contribution in [-0.4, -0.2) is 61.6 Å². The number of amides is 3. The number of pyridine rings is 1. The van der Waals surface area contributed by atoms with Gasteiger partial charge in [-0.15, -0.1) is 0 Å². The summed E-state index contributed by atoms with van der Waals surface area (Å²) in [5.74, 6) is 0.931. The number of carbonyl (C=O) groups excluding carboxylic acids is 2. The van der Waals surface area contributed by atoms with Crippen molar-refractivity contribution < 1.29 is 9.59 Å². The Hall–Kier alpha value is -3.13. The maximum atomic E-state index is 12.3. The molecule has 8 heteroatoms. The SMILES string of the molecule is Cc1cccc(N2CCC(NC(=O)NCc3cccc(NC(=O)CN(C)C)c3)CC2)n1. The zero-order chi connectivity index (χ0) is 22.2. The lowest BCUT2D eigenvalue weighted by Crippen LogP contribution is -2.48. The van der Waals surface area contributed by atoms with E-state index in [-0.39, 0.29) is 18.0 Å². The number of piperidine rings is 1. The molecule has 2 aromatic rings. The van der Waals surface area contributed by atoms with Crippen molar-refractivity contribution in [2.45, 2.75) is 32.4 Å². The fraction of sp³-hybridized carbons (Fsp3) is 0.435. The molecule has 1 saturated heterocycles. The highest BCUT2D eigenvalue weighted by molar-refractivity contribution is 5.92. The van der Waals surface area contributed by atoms with Gasteiger partial charge in [-0.25, -0.2) is 9.78 Å². The summed E-state index contributed by atoms with van der Waals surface area (Å²) in [6.45, 7) is 4.46. The van der Waals surface area contributed by atoms with E-state index < -0.39 is 0 Å². The van der Waals surface area contributed by atoms with Gasteiger partial charge in [-0.1, -0.05) is 18.2 Å². The van der Waals surface area contributed by atoms with E-state index in [1.165, 1.54) is 0 Å². The first-order valence-electron chi connectivity index (χ1n) is 10.7. The molecular weight excluding hydrogens is 392 g/mol. The molecule has 166 valence electrons.